The topological polar surface area (TPSA) is 49.4 Å². The summed E-state index contributed by atoms with van der Waals surface area (Å²) in [7, 11) is -1.31. The second-order valence-electron chi connectivity index (χ2n) is 5.13. The monoisotopic (exact) mass is 262 g/mol. The summed E-state index contributed by atoms with van der Waals surface area (Å²) in [5.74, 6) is 1.59. The molecule has 0 aromatic heterocycles. The maximum Gasteiger partial charge on any atom is 0.213 e. The number of nitrogens with zero attached hydrogens (tertiary/aromatic N) is 1. The fraction of sp³-hybridized carbons (Fsp3) is 1.00. The minimum absolute atomic E-state index is 0.288. The molecule has 5 heteroatoms. The van der Waals surface area contributed by atoms with E-state index < -0.39 is 10.0 Å². The van der Waals surface area contributed by atoms with Crippen molar-refractivity contribution in [3.63, 3.8) is 0 Å². The van der Waals surface area contributed by atoms with E-state index in [1.165, 1.54) is 6.42 Å². The average molecular weight is 262 g/mol. The molecule has 1 aliphatic carbocycles. The minimum atomic E-state index is -3.02. The molecule has 1 rings (SSSR count). The zero-order chi connectivity index (χ0) is 12.9. The molecule has 1 aliphatic rings. The quantitative estimate of drug-likeness (QED) is 0.637. The predicted molar refractivity (Wildman–Crippen MR) is 71.5 cm³/mol. The van der Waals surface area contributed by atoms with E-state index in [1.807, 2.05) is 0 Å². The lowest BCUT2D eigenvalue weighted by molar-refractivity contribution is 0.443. The Labute approximate surface area is 106 Å². The first-order chi connectivity index (χ1) is 7.97. The van der Waals surface area contributed by atoms with Gasteiger partial charge in [0.25, 0.3) is 0 Å². The number of nitrogens with one attached hydrogen (secondary N) is 1. The van der Waals surface area contributed by atoms with Crippen LogP contribution in [0.2, 0.25) is 0 Å². The Morgan fingerprint density at radius 1 is 1.35 bits per heavy atom. The summed E-state index contributed by atoms with van der Waals surface area (Å²) < 4.78 is 25.4. The molecule has 0 aromatic carbocycles. The zero-order valence-electron chi connectivity index (χ0n) is 11.3. The number of hydrogen-bond acceptors (Lipinski definition) is 3. The molecule has 0 saturated heterocycles. The molecule has 0 radical (unpaired) electrons. The lowest BCUT2D eigenvalue weighted by Gasteiger charge is -2.16. The highest BCUT2D eigenvalue weighted by atomic mass is 32.2. The second-order valence-corrected chi connectivity index (χ2v) is 7.33. The Balaban J connectivity index is 2.19. The molecule has 1 N–H and O–H groups in total. The summed E-state index contributed by atoms with van der Waals surface area (Å²) in [4.78, 5) is 0. The molecule has 1 fully saturated rings. The second kappa shape index (κ2) is 6.71. The van der Waals surface area contributed by atoms with E-state index in [1.54, 1.807) is 11.4 Å². The molecule has 0 spiro atoms. The minimum Gasteiger partial charge on any atom is -0.317 e. The van der Waals surface area contributed by atoms with Gasteiger partial charge in [-0.25, -0.2) is 12.7 Å². The van der Waals surface area contributed by atoms with Crippen molar-refractivity contribution in [2.45, 2.75) is 33.1 Å². The Kier molecular flexibility index (Phi) is 5.89. The average Bonchev–Trinajstić information content (AvgIpc) is 2.94. The summed E-state index contributed by atoms with van der Waals surface area (Å²) in [5, 5.41) is 3.20. The van der Waals surface area contributed by atoms with Crippen molar-refractivity contribution < 1.29 is 8.42 Å². The van der Waals surface area contributed by atoms with Crippen LogP contribution in [0.5, 0.6) is 0 Å². The molecular formula is C12H26N2O2S. The summed E-state index contributed by atoms with van der Waals surface area (Å²) in [6.07, 6.45) is 2.86. The normalized spacial score (nSPS) is 24.2. The van der Waals surface area contributed by atoms with Gasteiger partial charge in [0, 0.05) is 13.6 Å². The zero-order valence-corrected chi connectivity index (χ0v) is 12.1. The summed E-state index contributed by atoms with van der Waals surface area (Å²) in [6, 6.07) is 0. The molecule has 17 heavy (non-hydrogen) atoms. The van der Waals surface area contributed by atoms with E-state index in [0.717, 1.165) is 25.9 Å². The smallest absolute Gasteiger partial charge is 0.213 e. The van der Waals surface area contributed by atoms with E-state index in [0.29, 0.717) is 18.4 Å². The highest BCUT2D eigenvalue weighted by Crippen LogP contribution is 2.38. The lowest BCUT2D eigenvalue weighted by atomic mass is 10.3. The van der Waals surface area contributed by atoms with Gasteiger partial charge < -0.3 is 5.32 Å². The molecule has 0 bridgehead atoms. The van der Waals surface area contributed by atoms with Gasteiger partial charge in [0.15, 0.2) is 0 Å². The van der Waals surface area contributed by atoms with Crippen LogP contribution in [0.4, 0.5) is 0 Å². The van der Waals surface area contributed by atoms with Gasteiger partial charge in [-0.15, -0.1) is 0 Å². The third-order valence-electron chi connectivity index (χ3n) is 3.50. The summed E-state index contributed by atoms with van der Waals surface area (Å²) >= 11 is 0. The van der Waals surface area contributed by atoms with Crippen LogP contribution in [-0.2, 0) is 10.0 Å². The van der Waals surface area contributed by atoms with Crippen molar-refractivity contribution in [1.29, 1.82) is 0 Å². The van der Waals surface area contributed by atoms with Crippen molar-refractivity contribution in [3.8, 4) is 0 Å². The van der Waals surface area contributed by atoms with E-state index in [4.69, 9.17) is 0 Å². The van der Waals surface area contributed by atoms with Crippen LogP contribution in [0.15, 0.2) is 0 Å². The van der Waals surface area contributed by atoms with Crippen LogP contribution < -0.4 is 5.32 Å². The van der Waals surface area contributed by atoms with E-state index in [9.17, 15) is 8.42 Å². The number of sulfonamides is 1. The highest BCUT2D eigenvalue weighted by molar-refractivity contribution is 7.89. The molecule has 0 aromatic rings. The standard InChI is InChI=1S/C12H26N2O2S/c1-4-13-7-5-6-8-17(15,16)14(3)10-12-9-11(12)2/h11-13H,4-10H2,1-3H3. The number of hydrogen-bond donors (Lipinski definition) is 1. The van der Waals surface area contributed by atoms with Crippen molar-refractivity contribution in [2.75, 3.05) is 32.4 Å². The largest absolute Gasteiger partial charge is 0.317 e. The van der Waals surface area contributed by atoms with Gasteiger partial charge in [-0.05, 0) is 44.2 Å². The maximum absolute atomic E-state index is 11.9. The van der Waals surface area contributed by atoms with Crippen molar-refractivity contribution >= 4 is 10.0 Å². The van der Waals surface area contributed by atoms with E-state index in [-0.39, 0.29) is 5.75 Å². The van der Waals surface area contributed by atoms with Crippen LogP contribution in [0.3, 0.4) is 0 Å². The molecular weight excluding hydrogens is 236 g/mol. The van der Waals surface area contributed by atoms with Gasteiger partial charge in [0.05, 0.1) is 5.75 Å². The summed E-state index contributed by atoms with van der Waals surface area (Å²) in [6.45, 7) is 6.81. The first kappa shape index (κ1) is 14.9. The highest BCUT2D eigenvalue weighted by Gasteiger charge is 2.35. The Morgan fingerprint density at radius 2 is 2.00 bits per heavy atom. The van der Waals surface area contributed by atoms with Crippen molar-refractivity contribution in [3.05, 3.63) is 0 Å². The third-order valence-corrected chi connectivity index (χ3v) is 5.40. The van der Waals surface area contributed by atoms with Gasteiger partial charge in [0.2, 0.25) is 10.0 Å². The molecule has 102 valence electrons. The Morgan fingerprint density at radius 3 is 2.53 bits per heavy atom. The molecule has 4 nitrogen and oxygen atoms in total. The number of unbranched alkanes of at least 4 members (excludes halogenated alkanes) is 1. The van der Waals surface area contributed by atoms with Crippen LogP contribution >= 0.6 is 0 Å². The Bertz CT molecular complexity index is 316. The molecule has 2 unspecified atom stereocenters. The van der Waals surface area contributed by atoms with Gasteiger partial charge in [-0.1, -0.05) is 13.8 Å². The van der Waals surface area contributed by atoms with Crippen LogP contribution in [0, 0.1) is 11.8 Å². The molecule has 1 saturated carbocycles. The van der Waals surface area contributed by atoms with Crippen molar-refractivity contribution in [2.24, 2.45) is 11.8 Å². The first-order valence-electron chi connectivity index (χ1n) is 6.62. The fourth-order valence-electron chi connectivity index (χ4n) is 1.96. The maximum atomic E-state index is 11.9. The Hall–Kier alpha value is -0.130. The van der Waals surface area contributed by atoms with Gasteiger partial charge in [-0.3, -0.25) is 0 Å². The van der Waals surface area contributed by atoms with E-state index in [2.05, 4.69) is 19.2 Å². The number of rotatable bonds is 9. The van der Waals surface area contributed by atoms with Gasteiger partial charge >= 0.3 is 0 Å². The van der Waals surface area contributed by atoms with Crippen LogP contribution in [0.25, 0.3) is 0 Å². The van der Waals surface area contributed by atoms with Crippen LogP contribution in [-0.4, -0.2) is 45.2 Å². The molecule has 2 atom stereocenters. The summed E-state index contributed by atoms with van der Waals surface area (Å²) in [5.41, 5.74) is 0. The van der Waals surface area contributed by atoms with Crippen molar-refractivity contribution in [1.82, 2.24) is 9.62 Å². The van der Waals surface area contributed by atoms with Gasteiger partial charge in [-0.2, -0.15) is 0 Å². The van der Waals surface area contributed by atoms with E-state index >= 15 is 0 Å². The fourth-order valence-corrected chi connectivity index (χ4v) is 3.26. The van der Waals surface area contributed by atoms with Gasteiger partial charge in [0.1, 0.15) is 0 Å². The molecule has 0 amide bonds. The lowest BCUT2D eigenvalue weighted by Crippen LogP contribution is -2.31. The first-order valence-corrected chi connectivity index (χ1v) is 8.23. The predicted octanol–water partition coefficient (Wildman–Crippen LogP) is 1.29. The third kappa shape index (κ3) is 5.36. The molecule has 0 heterocycles. The SMILES string of the molecule is CCNCCCCS(=O)(=O)N(C)CC1CC1C. The van der Waals surface area contributed by atoms with Crippen LogP contribution in [0.1, 0.15) is 33.1 Å². The molecule has 0 aliphatic heterocycles.